The van der Waals surface area contributed by atoms with Gasteiger partial charge in [0.2, 0.25) is 5.91 Å². The molecule has 7 nitrogen and oxygen atoms in total. The molecule has 2 saturated heterocycles. The Morgan fingerprint density at radius 2 is 2.11 bits per heavy atom. The molecule has 1 amide bonds. The van der Waals surface area contributed by atoms with Crippen LogP contribution in [-0.4, -0.2) is 53.5 Å². The van der Waals surface area contributed by atoms with Gasteiger partial charge in [0.15, 0.2) is 0 Å². The smallest absolute Gasteiger partial charge is 0.220 e. The molecule has 7 heteroatoms. The van der Waals surface area contributed by atoms with Crippen LogP contribution >= 0.6 is 0 Å². The third-order valence-electron chi connectivity index (χ3n) is 5.80. The maximum absolute atomic E-state index is 12.0. The number of carbonyl (C=O) groups excluding carboxylic acids is 1. The lowest BCUT2D eigenvalue weighted by atomic mass is 9.92. The van der Waals surface area contributed by atoms with Crippen LogP contribution < -0.4 is 5.32 Å². The first kappa shape index (κ1) is 18.4. The Morgan fingerprint density at radius 1 is 1.22 bits per heavy atom. The summed E-state index contributed by atoms with van der Waals surface area (Å²) in [6.07, 6.45) is 6.30. The normalized spacial score (nSPS) is 21.7. The molecule has 0 aliphatic carbocycles. The highest BCUT2D eigenvalue weighted by molar-refractivity contribution is 5.76. The molecule has 2 aliphatic heterocycles. The molecule has 1 N–H and O–H groups in total. The Labute approximate surface area is 159 Å². The molecule has 3 heterocycles. The number of amides is 1. The van der Waals surface area contributed by atoms with Crippen LogP contribution in [0.1, 0.15) is 44.1 Å². The number of carbonyl (C=O) groups is 1. The molecule has 0 radical (unpaired) electrons. The molecule has 27 heavy (non-hydrogen) atoms. The van der Waals surface area contributed by atoms with Crippen LogP contribution in [0.4, 0.5) is 0 Å². The predicted molar refractivity (Wildman–Crippen MR) is 101 cm³/mol. The largest absolute Gasteiger partial charge is 0.376 e. The minimum absolute atomic E-state index is 0.165. The molecular formula is C20H28N4O3. The summed E-state index contributed by atoms with van der Waals surface area (Å²) in [5.74, 6) is 0.803. The maximum Gasteiger partial charge on any atom is 0.220 e. The predicted octanol–water partition coefficient (Wildman–Crippen LogP) is 2.51. The quantitative estimate of drug-likeness (QED) is 0.804. The minimum Gasteiger partial charge on any atom is -0.376 e. The first-order valence-corrected chi connectivity index (χ1v) is 10.1. The Hall–Kier alpha value is -1.99. The lowest BCUT2D eigenvalue weighted by molar-refractivity contribution is -0.122. The number of hydrogen-bond acceptors (Lipinski definition) is 6. The summed E-state index contributed by atoms with van der Waals surface area (Å²) in [7, 11) is 0. The van der Waals surface area contributed by atoms with Crippen molar-refractivity contribution < 1.29 is 14.2 Å². The summed E-state index contributed by atoms with van der Waals surface area (Å²) < 4.78 is 10.4. The van der Waals surface area contributed by atoms with E-state index in [-0.39, 0.29) is 12.0 Å². The first-order chi connectivity index (χ1) is 13.3. The molecule has 0 saturated carbocycles. The lowest BCUT2D eigenvalue weighted by Crippen LogP contribution is -2.34. The van der Waals surface area contributed by atoms with Crippen LogP contribution in [0.3, 0.4) is 0 Å². The molecule has 1 aromatic heterocycles. The zero-order valence-electron chi connectivity index (χ0n) is 15.7. The second kappa shape index (κ2) is 8.80. The van der Waals surface area contributed by atoms with Crippen LogP contribution in [-0.2, 0) is 16.1 Å². The number of nitrogens with zero attached hydrogens (tertiary/aromatic N) is 3. The summed E-state index contributed by atoms with van der Waals surface area (Å²) >= 11 is 0. The monoisotopic (exact) mass is 372 g/mol. The van der Waals surface area contributed by atoms with Crippen molar-refractivity contribution in [2.75, 3.05) is 26.2 Å². The Balaban J connectivity index is 1.17. The fourth-order valence-electron chi connectivity index (χ4n) is 4.12. The van der Waals surface area contributed by atoms with Gasteiger partial charge in [-0.15, -0.1) is 0 Å². The summed E-state index contributed by atoms with van der Waals surface area (Å²) in [5, 5.41) is 11.0. The van der Waals surface area contributed by atoms with Crippen molar-refractivity contribution in [3.05, 3.63) is 23.8 Å². The van der Waals surface area contributed by atoms with Crippen molar-refractivity contribution in [3.63, 3.8) is 0 Å². The second-order valence-electron chi connectivity index (χ2n) is 7.75. The third-order valence-corrected chi connectivity index (χ3v) is 5.80. The topological polar surface area (TPSA) is 80.5 Å². The standard InChI is InChI=1S/C20H28N4O3/c25-19(21-13-17-4-2-12-26-17)7-6-15-8-10-24(11-9-15)14-16-3-1-5-18-20(16)23-27-22-18/h1,3,5,15,17H,2,4,6-14H2,(H,21,25)/t17-/m1/s1. The zero-order chi connectivity index (χ0) is 18.5. The van der Waals surface area contributed by atoms with E-state index in [9.17, 15) is 4.79 Å². The van der Waals surface area contributed by atoms with Gasteiger partial charge in [0, 0.05) is 26.1 Å². The van der Waals surface area contributed by atoms with Crippen LogP contribution in [0, 0.1) is 5.92 Å². The van der Waals surface area contributed by atoms with Gasteiger partial charge in [-0.2, -0.15) is 0 Å². The van der Waals surface area contributed by atoms with Crippen LogP contribution in [0.2, 0.25) is 0 Å². The molecule has 0 unspecified atom stereocenters. The fraction of sp³-hybridized carbons (Fsp3) is 0.650. The van der Waals surface area contributed by atoms with Gasteiger partial charge >= 0.3 is 0 Å². The number of piperidine rings is 1. The van der Waals surface area contributed by atoms with Gasteiger partial charge < -0.3 is 10.1 Å². The highest BCUT2D eigenvalue weighted by Gasteiger charge is 2.21. The number of rotatable bonds is 7. The molecular weight excluding hydrogens is 344 g/mol. The Morgan fingerprint density at radius 3 is 2.93 bits per heavy atom. The molecule has 0 spiro atoms. The van der Waals surface area contributed by atoms with Crippen molar-refractivity contribution in [1.29, 1.82) is 0 Å². The van der Waals surface area contributed by atoms with E-state index in [1.165, 1.54) is 5.56 Å². The van der Waals surface area contributed by atoms with Gasteiger partial charge in [-0.05, 0) is 73.1 Å². The number of likely N-dealkylation sites (tertiary alicyclic amines) is 1. The van der Waals surface area contributed by atoms with E-state index in [4.69, 9.17) is 9.37 Å². The fourth-order valence-corrected chi connectivity index (χ4v) is 4.12. The maximum atomic E-state index is 12.0. The van der Waals surface area contributed by atoms with Gasteiger partial charge in [-0.3, -0.25) is 9.69 Å². The summed E-state index contributed by atoms with van der Waals surface area (Å²) in [5.41, 5.74) is 2.85. The Bertz CT molecular complexity index is 749. The first-order valence-electron chi connectivity index (χ1n) is 10.1. The van der Waals surface area contributed by atoms with E-state index in [2.05, 4.69) is 26.6 Å². The van der Waals surface area contributed by atoms with Crippen molar-refractivity contribution in [2.45, 2.75) is 51.2 Å². The van der Waals surface area contributed by atoms with Crippen LogP contribution in [0.5, 0.6) is 0 Å². The van der Waals surface area contributed by atoms with Crippen LogP contribution in [0.15, 0.2) is 22.8 Å². The van der Waals surface area contributed by atoms with E-state index in [1.54, 1.807) is 0 Å². The van der Waals surface area contributed by atoms with E-state index in [1.807, 2.05) is 12.1 Å². The van der Waals surface area contributed by atoms with E-state index >= 15 is 0 Å². The minimum atomic E-state index is 0.165. The average molecular weight is 372 g/mol. The second-order valence-corrected chi connectivity index (χ2v) is 7.75. The van der Waals surface area contributed by atoms with E-state index < -0.39 is 0 Å². The van der Waals surface area contributed by atoms with Crippen molar-refractivity contribution in [2.24, 2.45) is 5.92 Å². The number of hydrogen-bond donors (Lipinski definition) is 1. The number of fused-ring (bicyclic) bond motifs is 1. The SMILES string of the molecule is O=C(CCC1CCN(Cc2cccc3nonc23)CC1)NC[C@H]1CCCO1. The highest BCUT2D eigenvalue weighted by atomic mass is 16.6. The number of aromatic nitrogens is 2. The summed E-state index contributed by atoms with van der Waals surface area (Å²) in [4.78, 5) is 14.5. The number of benzene rings is 1. The molecule has 2 aliphatic rings. The summed E-state index contributed by atoms with van der Waals surface area (Å²) in [6, 6.07) is 6.02. The molecule has 0 bridgehead atoms. The van der Waals surface area contributed by atoms with Crippen LogP contribution in [0.25, 0.3) is 11.0 Å². The van der Waals surface area contributed by atoms with Gasteiger partial charge in [0.05, 0.1) is 6.10 Å². The van der Waals surface area contributed by atoms with Crippen molar-refractivity contribution in [1.82, 2.24) is 20.5 Å². The molecule has 4 rings (SSSR count). The number of nitrogens with one attached hydrogen (secondary N) is 1. The third kappa shape index (κ3) is 4.84. The van der Waals surface area contributed by atoms with Gasteiger partial charge in [0.1, 0.15) is 11.0 Å². The average Bonchev–Trinajstić information content (AvgIpc) is 3.38. The molecule has 2 aromatic rings. The molecule has 1 aromatic carbocycles. The summed E-state index contributed by atoms with van der Waals surface area (Å²) in [6.45, 7) is 4.49. The highest BCUT2D eigenvalue weighted by Crippen LogP contribution is 2.24. The van der Waals surface area contributed by atoms with Gasteiger partial charge in [-0.25, -0.2) is 4.63 Å². The molecule has 146 valence electrons. The van der Waals surface area contributed by atoms with Gasteiger partial charge in [-0.1, -0.05) is 12.1 Å². The van der Waals surface area contributed by atoms with Gasteiger partial charge in [0.25, 0.3) is 0 Å². The van der Waals surface area contributed by atoms with Crippen molar-refractivity contribution in [3.8, 4) is 0 Å². The lowest BCUT2D eigenvalue weighted by Gasteiger charge is -2.31. The Kier molecular flexibility index (Phi) is 5.99. The van der Waals surface area contributed by atoms with E-state index in [0.717, 1.165) is 69.4 Å². The molecule has 1 atom stereocenters. The van der Waals surface area contributed by atoms with E-state index in [0.29, 0.717) is 18.9 Å². The molecule has 2 fully saturated rings. The van der Waals surface area contributed by atoms with Crippen molar-refractivity contribution >= 4 is 16.9 Å². The number of ether oxygens (including phenoxy) is 1. The zero-order valence-corrected chi connectivity index (χ0v) is 15.7.